The van der Waals surface area contributed by atoms with Crippen LogP contribution in [0.4, 0.5) is 13.2 Å². The van der Waals surface area contributed by atoms with E-state index in [1.165, 1.54) is 18.2 Å². The van der Waals surface area contributed by atoms with Gasteiger partial charge in [0.1, 0.15) is 11.6 Å². The SMILES string of the molecule is N#CC(=Cc1cccc(C(F)(F)F)c1)C(=O)C=N. The second-order valence-electron chi connectivity index (χ2n) is 3.30. The number of rotatable bonds is 3. The minimum atomic E-state index is -4.48. The molecule has 0 radical (unpaired) electrons. The van der Waals surface area contributed by atoms with Crippen LogP contribution in [0.3, 0.4) is 0 Å². The lowest BCUT2D eigenvalue weighted by Crippen LogP contribution is -2.05. The van der Waals surface area contributed by atoms with Crippen LogP contribution in [0.15, 0.2) is 29.8 Å². The number of ketones is 1. The monoisotopic (exact) mass is 252 g/mol. The first-order chi connectivity index (χ1) is 8.38. The molecule has 0 heterocycles. The maximum Gasteiger partial charge on any atom is 0.416 e. The third kappa shape index (κ3) is 3.28. The summed E-state index contributed by atoms with van der Waals surface area (Å²) < 4.78 is 37.3. The Morgan fingerprint density at radius 1 is 1.39 bits per heavy atom. The van der Waals surface area contributed by atoms with Crippen molar-refractivity contribution in [2.45, 2.75) is 6.18 Å². The molecule has 0 aliphatic heterocycles. The van der Waals surface area contributed by atoms with Gasteiger partial charge in [-0.25, -0.2) is 0 Å². The smallest absolute Gasteiger partial charge is 0.305 e. The molecule has 0 atom stereocenters. The van der Waals surface area contributed by atoms with Gasteiger partial charge in [0.2, 0.25) is 5.78 Å². The van der Waals surface area contributed by atoms with Crippen LogP contribution in [-0.2, 0) is 11.0 Å². The van der Waals surface area contributed by atoms with Gasteiger partial charge in [0, 0.05) is 0 Å². The van der Waals surface area contributed by atoms with E-state index in [0.717, 1.165) is 18.2 Å². The van der Waals surface area contributed by atoms with Gasteiger partial charge < -0.3 is 5.41 Å². The summed E-state index contributed by atoms with van der Waals surface area (Å²) in [5.74, 6) is -0.852. The Morgan fingerprint density at radius 2 is 2.06 bits per heavy atom. The number of halogens is 3. The van der Waals surface area contributed by atoms with Gasteiger partial charge in [-0.1, -0.05) is 12.1 Å². The second-order valence-corrected chi connectivity index (χ2v) is 3.30. The fourth-order valence-corrected chi connectivity index (χ4v) is 1.21. The lowest BCUT2D eigenvalue weighted by Gasteiger charge is -2.06. The van der Waals surface area contributed by atoms with Crippen molar-refractivity contribution in [2.75, 3.05) is 0 Å². The van der Waals surface area contributed by atoms with Crippen LogP contribution in [0.1, 0.15) is 11.1 Å². The highest BCUT2D eigenvalue weighted by Gasteiger charge is 2.30. The van der Waals surface area contributed by atoms with Gasteiger partial charge in [-0.15, -0.1) is 0 Å². The number of hydrogen-bond donors (Lipinski definition) is 1. The molecule has 6 heteroatoms. The molecule has 0 bridgehead atoms. The first-order valence-corrected chi connectivity index (χ1v) is 4.72. The van der Waals surface area contributed by atoms with E-state index in [1.807, 2.05) is 0 Å². The molecular weight excluding hydrogens is 245 g/mol. The van der Waals surface area contributed by atoms with Crippen molar-refractivity contribution in [2.24, 2.45) is 0 Å². The summed E-state index contributed by atoms with van der Waals surface area (Å²) in [5, 5.41) is 15.4. The molecule has 0 fully saturated rings. The second kappa shape index (κ2) is 5.27. The van der Waals surface area contributed by atoms with E-state index in [4.69, 9.17) is 10.7 Å². The molecule has 0 aliphatic carbocycles. The minimum Gasteiger partial charge on any atom is -0.305 e. The maximum atomic E-state index is 12.4. The highest BCUT2D eigenvalue weighted by atomic mass is 19.4. The Labute approximate surface area is 101 Å². The molecule has 3 nitrogen and oxygen atoms in total. The zero-order valence-corrected chi connectivity index (χ0v) is 8.95. The molecule has 0 spiro atoms. The van der Waals surface area contributed by atoms with Gasteiger partial charge in [-0.05, 0) is 23.8 Å². The molecule has 0 unspecified atom stereocenters. The highest BCUT2D eigenvalue weighted by Crippen LogP contribution is 2.29. The molecule has 18 heavy (non-hydrogen) atoms. The summed E-state index contributed by atoms with van der Waals surface area (Å²) in [6.45, 7) is 0. The quantitative estimate of drug-likeness (QED) is 0.510. The number of nitrogens with one attached hydrogen (secondary N) is 1. The Kier molecular flexibility index (Phi) is 4.00. The predicted molar refractivity (Wildman–Crippen MR) is 58.8 cm³/mol. The van der Waals surface area contributed by atoms with E-state index < -0.39 is 17.5 Å². The number of nitriles is 1. The number of carbonyl (C=O) groups is 1. The number of allylic oxidation sites excluding steroid dienone is 1. The van der Waals surface area contributed by atoms with Crippen LogP contribution in [-0.4, -0.2) is 12.0 Å². The van der Waals surface area contributed by atoms with E-state index in [9.17, 15) is 18.0 Å². The molecule has 0 aromatic heterocycles. The molecule has 1 N–H and O–H groups in total. The molecule has 0 amide bonds. The Hall–Kier alpha value is -2.42. The normalized spacial score (nSPS) is 11.8. The van der Waals surface area contributed by atoms with Crippen molar-refractivity contribution in [3.63, 3.8) is 0 Å². The van der Waals surface area contributed by atoms with E-state index >= 15 is 0 Å². The first kappa shape index (κ1) is 13.6. The molecule has 0 saturated heterocycles. The lowest BCUT2D eigenvalue weighted by molar-refractivity contribution is -0.137. The molecule has 1 rings (SSSR count). The standard InChI is InChI=1S/C12H7F3N2O/c13-12(14,15)10-3-1-2-8(5-10)4-9(6-16)11(18)7-17/h1-5,7,17H. The number of nitrogens with zero attached hydrogens (tertiary/aromatic N) is 1. The zero-order chi connectivity index (χ0) is 13.8. The summed E-state index contributed by atoms with van der Waals surface area (Å²) in [5.41, 5.74) is -1.17. The van der Waals surface area contributed by atoms with Gasteiger partial charge in [0.25, 0.3) is 0 Å². The van der Waals surface area contributed by atoms with Crippen LogP contribution in [0.25, 0.3) is 6.08 Å². The Bertz CT molecular complexity index is 553. The Balaban J connectivity index is 3.20. The number of alkyl halides is 3. The van der Waals surface area contributed by atoms with Crippen LogP contribution < -0.4 is 0 Å². The van der Waals surface area contributed by atoms with Crippen molar-refractivity contribution >= 4 is 18.1 Å². The molecule has 92 valence electrons. The number of carbonyl (C=O) groups excluding carboxylic acids is 1. The molecule has 0 aliphatic rings. The first-order valence-electron chi connectivity index (χ1n) is 4.72. The van der Waals surface area contributed by atoms with E-state index in [2.05, 4.69) is 0 Å². The fourth-order valence-electron chi connectivity index (χ4n) is 1.21. The summed E-state index contributed by atoms with van der Waals surface area (Å²) in [6.07, 6.45) is -3.03. The van der Waals surface area contributed by atoms with Crippen molar-refractivity contribution in [3.8, 4) is 6.07 Å². The molecule has 1 aromatic carbocycles. The van der Waals surface area contributed by atoms with Crippen LogP contribution in [0.2, 0.25) is 0 Å². The minimum absolute atomic E-state index is 0.0802. The summed E-state index contributed by atoms with van der Waals surface area (Å²) in [6, 6.07) is 5.77. The van der Waals surface area contributed by atoms with Crippen molar-refractivity contribution in [1.29, 1.82) is 10.7 Å². The third-order valence-electron chi connectivity index (χ3n) is 2.04. The average molecular weight is 252 g/mol. The van der Waals surface area contributed by atoms with Crippen LogP contribution >= 0.6 is 0 Å². The summed E-state index contributed by atoms with van der Waals surface area (Å²) >= 11 is 0. The summed E-state index contributed by atoms with van der Waals surface area (Å²) in [4.78, 5) is 11.1. The third-order valence-corrected chi connectivity index (χ3v) is 2.04. The van der Waals surface area contributed by atoms with Crippen molar-refractivity contribution in [3.05, 3.63) is 41.0 Å². The average Bonchev–Trinajstić information content (AvgIpc) is 2.34. The fraction of sp³-hybridized carbons (Fsp3) is 0.0833. The number of benzene rings is 1. The molecule has 0 saturated carbocycles. The van der Waals surface area contributed by atoms with Gasteiger partial charge in [0.05, 0.1) is 11.8 Å². The van der Waals surface area contributed by atoms with Gasteiger partial charge in [-0.3, -0.25) is 4.79 Å². The lowest BCUT2D eigenvalue weighted by atomic mass is 10.1. The number of Topliss-reactive ketones (excluding diaryl/α,β-unsaturated/α-hetero) is 1. The largest absolute Gasteiger partial charge is 0.416 e. The molecule has 1 aromatic rings. The summed E-state index contributed by atoms with van der Waals surface area (Å²) in [7, 11) is 0. The zero-order valence-electron chi connectivity index (χ0n) is 8.95. The van der Waals surface area contributed by atoms with Gasteiger partial charge in [-0.2, -0.15) is 18.4 Å². The highest BCUT2D eigenvalue weighted by molar-refractivity contribution is 6.36. The number of hydrogen-bond acceptors (Lipinski definition) is 3. The van der Waals surface area contributed by atoms with Crippen molar-refractivity contribution < 1.29 is 18.0 Å². The van der Waals surface area contributed by atoms with Crippen LogP contribution in [0.5, 0.6) is 0 Å². The predicted octanol–water partition coefficient (Wildman–Crippen LogP) is 2.83. The molecular formula is C12H7F3N2O. The van der Waals surface area contributed by atoms with Gasteiger partial charge >= 0.3 is 6.18 Å². The Morgan fingerprint density at radius 3 is 2.56 bits per heavy atom. The van der Waals surface area contributed by atoms with E-state index in [1.54, 1.807) is 0 Å². The van der Waals surface area contributed by atoms with Crippen molar-refractivity contribution in [1.82, 2.24) is 0 Å². The topological polar surface area (TPSA) is 64.7 Å². The maximum absolute atomic E-state index is 12.4. The van der Waals surface area contributed by atoms with Crippen LogP contribution in [0, 0.1) is 16.7 Å². The van der Waals surface area contributed by atoms with E-state index in [-0.39, 0.29) is 11.1 Å². The van der Waals surface area contributed by atoms with Gasteiger partial charge in [0.15, 0.2) is 0 Å². The van der Waals surface area contributed by atoms with E-state index in [0.29, 0.717) is 6.21 Å².